The second-order valence-electron chi connectivity index (χ2n) is 11.1. The molecule has 0 saturated heterocycles. The maximum Gasteiger partial charge on any atom is 0.407 e. The van der Waals surface area contributed by atoms with Crippen molar-refractivity contribution < 1.29 is 23.9 Å². The molecular weight excluding hydrogens is 594 g/mol. The maximum atomic E-state index is 13.3. The summed E-state index contributed by atoms with van der Waals surface area (Å²) in [5, 5.41) is 14.6. The number of hydrogen-bond acceptors (Lipinski definition) is 7. The quantitative estimate of drug-likeness (QED) is 0.182. The molecular formula is C37H35N5O5. The fourth-order valence-corrected chi connectivity index (χ4v) is 5.17. The average molecular weight is 630 g/mol. The van der Waals surface area contributed by atoms with Crippen LogP contribution in [-0.4, -0.2) is 40.7 Å². The number of benzene rings is 4. The monoisotopic (exact) mass is 629 g/mol. The molecule has 5 aromatic rings. The Kier molecular flexibility index (Phi) is 10.6. The summed E-state index contributed by atoms with van der Waals surface area (Å²) in [5.74, 6) is -0.103. The van der Waals surface area contributed by atoms with Crippen LogP contribution < -0.4 is 10.6 Å². The van der Waals surface area contributed by atoms with E-state index in [-0.39, 0.29) is 19.6 Å². The minimum Gasteiger partial charge on any atom is -0.467 e. The van der Waals surface area contributed by atoms with Gasteiger partial charge in [0.15, 0.2) is 0 Å². The topological polar surface area (TPSA) is 135 Å². The van der Waals surface area contributed by atoms with E-state index >= 15 is 0 Å². The molecule has 10 heteroatoms. The number of alkyl carbamates (subject to hydrolysis) is 1. The predicted octanol–water partition coefficient (Wildman–Crippen LogP) is 5.17. The van der Waals surface area contributed by atoms with Crippen LogP contribution >= 0.6 is 0 Å². The van der Waals surface area contributed by atoms with E-state index in [0.717, 1.165) is 40.0 Å². The van der Waals surface area contributed by atoms with Crippen molar-refractivity contribution in [2.45, 2.75) is 38.5 Å². The first-order chi connectivity index (χ1) is 22.8. The number of methoxy groups -OCH3 is 1. The van der Waals surface area contributed by atoms with Crippen molar-refractivity contribution >= 4 is 29.0 Å². The number of nitrogens with one attached hydrogen (secondary N) is 2. The highest BCUT2D eigenvalue weighted by Crippen LogP contribution is 2.19. The molecule has 1 atom stereocenters. The fraction of sp³-hybridized carbons (Fsp3) is 0.216. The SMILES string of the molecule is COC(=O)C(Cc1ccc(CNC(=O)OCc2ccccc2)cc1)NC(=O)c1ccc2c(c1)nc(CCc1ccc(C#N)cc1)n2C. The number of esters is 1. The average Bonchev–Trinajstić information content (AvgIpc) is 3.43. The largest absolute Gasteiger partial charge is 0.467 e. The van der Waals surface area contributed by atoms with Crippen molar-refractivity contribution in [3.8, 4) is 6.07 Å². The number of nitrogens with zero attached hydrogens (tertiary/aromatic N) is 3. The molecule has 0 bridgehead atoms. The Morgan fingerprint density at radius 1 is 0.872 bits per heavy atom. The zero-order valence-electron chi connectivity index (χ0n) is 26.2. The molecule has 0 saturated carbocycles. The maximum absolute atomic E-state index is 13.3. The first-order valence-electron chi connectivity index (χ1n) is 15.2. The van der Waals surface area contributed by atoms with Gasteiger partial charge >= 0.3 is 12.1 Å². The normalized spacial score (nSPS) is 11.3. The molecule has 238 valence electrons. The molecule has 2 N–H and O–H groups in total. The molecule has 1 heterocycles. The highest BCUT2D eigenvalue weighted by Gasteiger charge is 2.23. The summed E-state index contributed by atoms with van der Waals surface area (Å²) in [4.78, 5) is 42.8. The van der Waals surface area contributed by atoms with E-state index in [0.29, 0.717) is 23.1 Å². The van der Waals surface area contributed by atoms with E-state index in [1.807, 2.05) is 84.4 Å². The molecule has 1 unspecified atom stereocenters. The third kappa shape index (κ3) is 8.61. The lowest BCUT2D eigenvalue weighted by Gasteiger charge is -2.17. The Morgan fingerprint density at radius 2 is 1.57 bits per heavy atom. The van der Waals surface area contributed by atoms with Crippen LogP contribution in [0.25, 0.3) is 11.0 Å². The fourth-order valence-electron chi connectivity index (χ4n) is 5.17. The van der Waals surface area contributed by atoms with Gasteiger partial charge in [0, 0.05) is 32.0 Å². The van der Waals surface area contributed by atoms with Gasteiger partial charge in [-0.1, -0.05) is 66.7 Å². The standard InChI is InChI=1S/C37H35N5O5/c1-42-33-18-17-30(21-31(33)40-34(42)19-16-25-8-12-27(22-38)13-9-25)35(43)41-32(36(44)46-2)20-26-10-14-28(15-11-26)23-39-37(45)47-24-29-6-4-3-5-7-29/h3-15,17-18,21,32H,16,19-20,23-24H2,1-2H3,(H,39,45)(H,41,43). The molecule has 0 fully saturated rings. The Balaban J connectivity index is 1.17. The summed E-state index contributed by atoms with van der Waals surface area (Å²) in [6.45, 7) is 0.461. The third-order valence-corrected chi connectivity index (χ3v) is 7.86. The minimum absolute atomic E-state index is 0.185. The van der Waals surface area contributed by atoms with Gasteiger partial charge in [0.25, 0.3) is 5.91 Å². The van der Waals surface area contributed by atoms with Gasteiger partial charge in [-0.25, -0.2) is 14.6 Å². The zero-order chi connectivity index (χ0) is 33.2. The highest BCUT2D eigenvalue weighted by atomic mass is 16.5. The molecule has 47 heavy (non-hydrogen) atoms. The van der Waals surface area contributed by atoms with E-state index in [9.17, 15) is 14.4 Å². The Morgan fingerprint density at radius 3 is 2.28 bits per heavy atom. The van der Waals surface area contributed by atoms with Crippen molar-refractivity contribution in [1.82, 2.24) is 20.2 Å². The van der Waals surface area contributed by atoms with Crippen molar-refractivity contribution in [3.63, 3.8) is 0 Å². The second-order valence-corrected chi connectivity index (χ2v) is 11.1. The number of carbonyl (C=O) groups is 3. The first kappa shape index (κ1) is 32.4. The number of aromatic nitrogens is 2. The number of carbonyl (C=O) groups excluding carboxylic acids is 3. The van der Waals surface area contributed by atoms with E-state index in [1.54, 1.807) is 24.3 Å². The van der Waals surface area contributed by atoms with E-state index in [2.05, 4.69) is 16.7 Å². The van der Waals surface area contributed by atoms with Gasteiger partial charge in [0.1, 0.15) is 18.5 Å². The molecule has 2 amide bonds. The lowest BCUT2D eigenvalue weighted by molar-refractivity contribution is -0.142. The number of hydrogen-bond donors (Lipinski definition) is 2. The van der Waals surface area contributed by atoms with Crippen LogP contribution in [-0.2, 0) is 53.7 Å². The van der Waals surface area contributed by atoms with Gasteiger partial charge in [0.05, 0.1) is 29.8 Å². The van der Waals surface area contributed by atoms with Gasteiger partial charge in [-0.2, -0.15) is 5.26 Å². The molecule has 10 nitrogen and oxygen atoms in total. The Labute approximate surface area is 273 Å². The Bertz CT molecular complexity index is 1890. The van der Waals surface area contributed by atoms with Crippen LogP contribution in [0.5, 0.6) is 0 Å². The van der Waals surface area contributed by atoms with Crippen LogP contribution in [0.2, 0.25) is 0 Å². The highest BCUT2D eigenvalue weighted by molar-refractivity contribution is 5.99. The number of fused-ring (bicyclic) bond motifs is 1. The molecule has 4 aromatic carbocycles. The molecule has 0 spiro atoms. The summed E-state index contributed by atoms with van der Waals surface area (Å²) < 4.78 is 12.2. The summed E-state index contributed by atoms with van der Waals surface area (Å²) in [6, 6.07) is 30.8. The third-order valence-electron chi connectivity index (χ3n) is 7.86. The first-order valence-corrected chi connectivity index (χ1v) is 15.2. The van der Waals surface area contributed by atoms with Crippen molar-refractivity contribution in [2.24, 2.45) is 7.05 Å². The van der Waals surface area contributed by atoms with Gasteiger partial charge in [-0.3, -0.25) is 4.79 Å². The van der Waals surface area contributed by atoms with Crippen LogP contribution in [0.3, 0.4) is 0 Å². The smallest absolute Gasteiger partial charge is 0.407 e. The van der Waals surface area contributed by atoms with Crippen LogP contribution in [0.1, 0.15) is 44.0 Å². The minimum atomic E-state index is -0.910. The van der Waals surface area contributed by atoms with Crippen LogP contribution in [0.15, 0.2) is 97.1 Å². The number of ether oxygens (including phenoxy) is 2. The molecule has 1 aromatic heterocycles. The summed E-state index contributed by atoms with van der Waals surface area (Å²) in [7, 11) is 3.22. The summed E-state index contributed by atoms with van der Waals surface area (Å²) in [5.41, 5.74) is 6.24. The van der Waals surface area contributed by atoms with Gasteiger partial charge in [-0.15, -0.1) is 0 Å². The lowest BCUT2D eigenvalue weighted by atomic mass is 10.0. The predicted molar refractivity (Wildman–Crippen MR) is 176 cm³/mol. The summed E-state index contributed by atoms with van der Waals surface area (Å²) in [6.07, 6.45) is 1.15. The lowest BCUT2D eigenvalue weighted by Crippen LogP contribution is -2.43. The van der Waals surface area contributed by atoms with Crippen LogP contribution in [0, 0.1) is 11.3 Å². The number of amides is 2. The summed E-state index contributed by atoms with van der Waals surface area (Å²) >= 11 is 0. The van der Waals surface area contributed by atoms with Crippen LogP contribution in [0.4, 0.5) is 4.79 Å². The molecule has 0 aliphatic carbocycles. The molecule has 5 rings (SSSR count). The number of rotatable bonds is 12. The van der Waals surface area contributed by atoms with Crippen molar-refractivity contribution in [2.75, 3.05) is 7.11 Å². The van der Waals surface area contributed by atoms with Gasteiger partial charge in [0.2, 0.25) is 0 Å². The second kappa shape index (κ2) is 15.4. The van der Waals surface area contributed by atoms with Crippen molar-refractivity contribution in [3.05, 3.63) is 136 Å². The molecule has 0 aliphatic heterocycles. The number of imidazole rings is 1. The number of aryl methyl sites for hydroxylation is 3. The Hall–Kier alpha value is -5.95. The van der Waals surface area contributed by atoms with Gasteiger partial charge < -0.3 is 24.7 Å². The van der Waals surface area contributed by atoms with E-state index in [1.165, 1.54) is 7.11 Å². The van der Waals surface area contributed by atoms with E-state index in [4.69, 9.17) is 19.7 Å². The van der Waals surface area contributed by atoms with Crippen molar-refractivity contribution in [1.29, 1.82) is 5.26 Å². The van der Waals surface area contributed by atoms with E-state index < -0.39 is 24.0 Å². The molecule has 0 aliphatic rings. The van der Waals surface area contributed by atoms with Gasteiger partial charge in [-0.05, 0) is 59.0 Å². The molecule has 0 radical (unpaired) electrons. The number of nitriles is 1. The zero-order valence-corrected chi connectivity index (χ0v) is 26.2.